The van der Waals surface area contributed by atoms with Gasteiger partial charge in [0.2, 0.25) is 0 Å². The molecule has 0 aliphatic carbocycles. The third kappa shape index (κ3) is 6.49. The molecule has 0 bridgehead atoms. The number of benzene rings is 3. The molecule has 192 valence electrons. The van der Waals surface area contributed by atoms with Crippen molar-refractivity contribution in [3.63, 3.8) is 0 Å². The standard InChI is InChI=1S/C33H38N2O2/c1-4-22-36-30-17-11-12-27(23-30)25-37-31-18-21-35(24-31)32(2,3)19-20-33(26-34,28-13-7-5-8-14-28)29-15-9-6-10-16-29/h4-17,23,31H,1,18-22,24-25H2,2-3H3/t31-/m1/s1. The molecule has 0 amide bonds. The van der Waals surface area contributed by atoms with E-state index in [0.29, 0.717) is 13.2 Å². The molecule has 1 aliphatic heterocycles. The van der Waals surface area contributed by atoms with Crippen molar-refractivity contribution in [2.45, 2.75) is 56.8 Å². The summed E-state index contributed by atoms with van der Waals surface area (Å²) in [7, 11) is 0. The Morgan fingerprint density at radius 2 is 1.65 bits per heavy atom. The number of nitriles is 1. The number of nitrogens with zero attached hydrogens (tertiary/aromatic N) is 2. The summed E-state index contributed by atoms with van der Waals surface area (Å²) in [4.78, 5) is 2.53. The molecule has 0 radical (unpaired) electrons. The summed E-state index contributed by atoms with van der Waals surface area (Å²) in [5, 5.41) is 10.5. The van der Waals surface area contributed by atoms with Crippen LogP contribution in [0, 0.1) is 11.3 Å². The first-order valence-electron chi connectivity index (χ1n) is 13.2. The van der Waals surface area contributed by atoms with Crippen LogP contribution in [0.15, 0.2) is 97.6 Å². The maximum atomic E-state index is 10.5. The van der Waals surface area contributed by atoms with Crippen molar-refractivity contribution in [3.8, 4) is 11.8 Å². The van der Waals surface area contributed by atoms with Crippen LogP contribution in [0.1, 0.15) is 49.8 Å². The van der Waals surface area contributed by atoms with Crippen LogP contribution in [0.3, 0.4) is 0 Å². The largest absolute Gasteiger partial charge is 0.490 e. The first kappa shape index (κ1) is 26.7. The predicted octanol–water partition coefficient (Wildman–Crippen LogP) is 6.91. The molecule has 1 heterocycles. The fourth-order valence-corrected chi connectivity index (χ4v) is 5.25. The van der Waals surface area contributed by atoms with Gasteiger partial charge in [-0.2, -0.15) is 5.26 Å². The van der Waals surface area contributed by atoms with Gasteiger partial charge in [-0.3, -0.25) is 4.90 Å². The molecular weight excluding hydrogens is 456 g/mol. The van der Waals surface area contributed by atoms with Gasteiger partial charge in [0.05, 0.1) is 18.8 Å². The van der Waals surface area contributed by atoms with Crippen molar-refractivity contribution < 1.29 is 9.47 Å². The monoisotopic (exact) mass is 494 g/mol. The van der Waals surface area contributed by atoms with Crippen molar-refractivity contribution in [1.82, 2.24) is 4.90 Å². The zero-order chi connectivity index (χ0) is 26.1. The SMILES string of the molecule is C=CCOc1cccc(CO[C@@H]2CCN(C(C)(C)CCC(C#N)(c3ccccc3)c3ccccc3)C2)c1. The smallest absolute Gasteiger partial charge is 0.120 e. The molecule has 1 saturated heterocycles. The van der Waals surface area contributed by atoms with Crippen molar-refractivity contribution in [3.05, 3.63) is 114 Å². The van der Waals surface area contributed by atoms with Crippen LogP contribution in [0.2, 0.25) is 0 Å². The molecule has 0 N–H and O–H groups in total. The van der Waals surface area contributed by atoms with Crippen molar-refractivity contribution in [1.29, 1.82) is 5.26 Å². The number of likely N-dealkylation sites (tertiary alicyclic amines) is 1. The molecule has 4 nitrogen and oxygen atoms in total. The second-order valence-electron chi connectivity index (χ2n) is 10.5. The Labute approximate surface area is 222 Å². The highest BCUT2D eigenvalue weighted by molar-refractivity contribution is 5.45. The van der Waals surface area contributed by atoms with Crippen LogP contribution < -0.4 is 4.74 Å². The lowest BCUT2D eigenvalue weighted by Gasteiger charge is -2.38. The molecule has 1 fully saturated rings. The molecule has 0 spiro atoms. The van der Waals surface area contributed by atoms with Gasteiger partial charge < -0.3 is 9.47 Å². The Hall–Kier alpha value is -3.39. The fraction of sp³-hybridized carbons (Fsp3) is 0.364. The summed E-state index contributed by atoms with van der Waals surface area (Å²) in [6, 6.07) is 31.2. The minimum atomic E-state index is -0.673. The van der Waals surface area contributed by atoms with Crippen LogP contribution >= 0.6 is 0 Å². The highest BCUT2D eigenvalue weighted by atomic mass is 16.5. The van der Waals surface area contributed by atoms with Gasteiger partial charge >= 0.3 is 0 Å². The lowest BCUT2D eigenvalue weighted by molar-refractivity contribution is 0.0340. The maximum Gasteiger partial charge on any atom is 0.120 e. The molecule has 3 aromatic carbocycles. The Bertz CT molecular complexity index is 1140. The second-order valence-corrected chi connectivity index (χ2v) is 10.5. The van der Waals surface area contributed by atoms with Crippen LogP contribution in [-0.4, -0.2) is 36.2 Å². The highest BCUT2D eigenvalue weighted by Crippen LogP contribution is 2.39. The molecular formula is C33H38N2O2. The number of rotatable bonds is 12. The summed E-state index contributed by atoms with van der Waals surface area (Å²) < 4.78 is 12.0. The molecule has 0 saturated carbocycles. The minimum Gasteiger partial charge on any atom is -0.490 e. The Morgan fingerprint density at radius 3 is 2.27 bits per heavy atom. The van der Waals surface area contributed by atoms with Crippen LogP contribution in [0.4, 0.5) is 0 Å². The van der Waals surface area contributed by atoms with E-state index in [4.69, 9.17) is 9.47 Å². The minimum absolute atomic E-state index is 0.0534. The molecule has 37 heavy (non-hydrogen) atoms. The first-order chi connectivity index (χ1) is 18.0. The van der Waals surface area contributed by atoms with E-state index >= 15 is 0 Å². The third-order valence-electron chi connectivity index (χ3n) is 7.59. The van der Waals surface area contributed by atoms with E-state index in [9.17, 15) is 5.26 Å². The average molecular weight is 495 g/mol. The molecule has 3 aromatic rings. The zero-order valence-corrected chi connectivity index (χ0v) is 22.1. The van der Waals surface area contributed by atoms with Gasteiger partial charge in [0.15, 0.2) is 0 Å². The van der Waals surface area contributed by atoms with E-state index in [0.717, 1.165) is 54.8 Å². The average Bonchev–Trinajstić information content (AvgIpc) is 3.43. The highest BCUT2D eigenvalue weighted by Gasteiger charge is 2.39. The predicted molar refractivity (Wildman–Crippen MR) is 149 cm³/mol. The Balaban J connectivity index is 1.39. The van der Waals surface area contributed by atoms with Gasteiger partial charge in [-0.25, -0.2) is 0 Å². The number of hydrogen-bond acceptors (Lipinski definition) is 4. The normalized spacial score (nSPS) is 16.3. The first-order valence-corrected chi connectivity index (χ1v) is 13.2. The summed E-state index contributed by atoms with van der Waals surface area (Å²) >= 11 is 0. The van der Waals surface area contributed by atoms with Gasteiger partial charge in [0, 0.05) is 18.6 Å². The molecule has 1 atom stereocenters. The maximum absolute atomic E-state index is 10.5. The molecule has 0 unspecified atom stereocenters. The lowest BCUT2D eigenvalue weighted by atomic mass is 9.70. The van der Waals surface area contributed by atoms with E-state index in [1.54, 1.807) is 6.08 Å². The fourth-order valence-electron chi connectivity index (χ4n) is 5.25. The summed E-state index contributed by atoms with van der Waals surface area (Å²) in [6.45, 7) is 11.3. The van der Waals surface area contributed by atoms with Crippen molar-refractivity contribution in [2.24, 2.45) is 0 Å². The Morgan fingerprint density at radius 1 is 0.973 bits per heavy atom. The summed E-state index contributed by atoms with van der Waals surface area (Å²) in [5.41, 5.74) is 2.50. The topological polar surface area (TPSA) is 45.5 Å². The van der Waals surface area contributed by atoms with Gasteiger partial charge in [0.1, 0.15) is 17.8 Å². The number of ether oxygens (including phenoxy) is 2. The molecule has 4 rings (SSSR count). The van der Waals surface area contributed by atoms with E-state index in [-0.39, 0.29) is 11.6 Å². The van der Waals surface area contributed by atoms with Crippen LogP contribution in [0.25, 0.3) is 0 Å². The van der Waals surface area contributed by atoms with Gasteiger partial charge in [-0.15, -0.1) is 0 Å². The van der Waals surface area contributed by atoms with Gasteiger partial charge in [0.25, 0.3) is 0 Å². The van der Waals surface area contributed by atoms with Crippen LogP contribution in [-0.2, 0) is 16.8 Å². The Kier molecular flexibility index (Phi) is 8.82. The van der Waals surface area contributed by atoms with E-state index < -0.39 is 5.41 Å². The lowest BCUT2D eigenvalue weighted by Crippen LogP contribution is -2.44. The summed E-state index contributed by atoms with van der Waals surface area (Å²) in [5.74, 6) is 0.841. The summed E-state index contributed by atoms with van der Waals surface area (Å²) in [6.07, 6.45) is 4.61. The molecule has 0 aromatic heterocycles. The third-order valence-corrected chi connectivity index (χ3v) is 7.59. The van der Waals surface area contributed by atoms with Gasteiger partial charge in [-0.1, -0.05) is 85.5 Å². The van der Waals surface area contributed by atoms with E-state index in [1.807, 2.05) is 54.6 Å². The van der Waals surface area contributed by atoms with Crippen molar-refractivity contribution in [2.75, 3.05) is 19.7 Å². The van der Waals surface area contributed by atoms with E-state index in [2.05, 4.69) is 61.7 Å². The van der Waals surface area contributed by atoms with Gasteiger partial charge in [-0.05, 0) is 61.9 Å². The van der Waals surface area contributed by atoms with Crippen LogP contribution in [0.5, 0.6) is 5.75 Å². The van der Waals surface area contributed by atoms with E-state index in [1.165, 1.54) is 0 Å². The molecule has 1 aliphatic rings. The number of hydrogen-bond donors (Lipinski definition) is 0. The van der Waals surface area contributed by atoms with Crippen molar-refractivity contribution >= 4 is 0 Å². The quantitative estimate of drug-likeness (QED) is 0.257. The zero-order valence-electron chi connectivity index (χ0n) is 22.1. The molecule has 4 heteroatoms. The second kappa shape index (κ2) is 12.2.